The quantitative estimate of drug-likeness (QED) is 0.432. The van der Waals surface area contributed by atoms with Crippen molar-refractivity contribution in [3.8, 4) is 17.2 Å². The van der Waals surface area contributed by atoms with Gasteiger partial charge in [0.15, 0.2) is 0 Å². The minimum absolute atomic E-state index is 0.0935. The summed E-state index contributed by atoms with van der Waals surface area (Å²) in [7, 11) is 0.530. The largest absolute Gasteiger partial charge is 0.497 e. The second kappa shape index (κ2) is 12.9. The number of amides is 2. The average Bonchev–Trinajstić information content (AvgIpc) is 2.85. The molecule has 2 rings (SSSR count). The summed E-state index contributed by atoms with van der Waals surface area (Å²) in [6, 6.07) is 10.9. The maximum Gasteiger partial charge on any atom is 0.244 e. The molecule has 0 aliphatic heterocycles. The number of carbonyl (C=O) groups excluding carboxylic acids is 2. The van der Waals surface area contributed by atoms with Crippen molar-refractivity contribution >= 4 is 27.5 Å². The van der Waals surface area contributed by atoms with Gasteiger partial charge in [-0.25, -0.2) is 8.42 Å². The Bertz CT molecular complexity index is 1210. The normalized spacial score (nSPS) is 12.3. The third kappa shape index (κ3) is 8.27. The molecule has 0 fully saturated rings. The van der Waals surface area contributed by atoms with Crippen LogP contribution in [-0.4, -0.2) is 70.8 Å². The number of hydrogen-bond acceptors (Lipinski definition) is 7. The molecular formula is C27H39N3O7S. The van der Waals surface area contributed by atoms with E-state index < -0.39 is 34.1 Å². The third-order valence-electron chi connectivity index (χ3n) is 5.73. The molecular weight excluding hydrogens is 510 g/mol. The monoisotopic (exact) mass is 549 g/mol. The van der Waals surface area contributed by atoms with Gasteiger partial charge in [-0.2, -0.15) is 0 Å². The number of ether oxygens (including phenoxy) is 3. The van der Waals surface area contributed by atoms with E-state index in [1.165, 1.54) is 25.2 Å². The topological polar surface area (TPSA) is 114 Å². The number of nitrogens with zero attached hydrogens (tertiary/aromatic N) is 2. The van der Waals surface area contributed by atoms with Crippen LogP contribution in [0.5, 0.6) is 17.2 Å². The maximum absolute atomic E-state index is 13.8. The molecule has 2 aromatic rings. The highest BCUT2D eigenvalue weighted by Crippen LogP contribution is 2.33. The summed E-state index contributed by atoms with van der Waals surface area (Å²) in [6.45, 7) is 6.94. The summed E-state index contributed by atoms with van der Waals surface area (Å²) in [5, 5.41) is 2.94. The molecule has 10 nitrogen and oxygen atoms in total. The van der Waals surface area contributed by atoms with Crippen LogP contribution < -0.4 is 23.8 Å². The Labute approximate surface area is 225 Å². The van der Waals surface area contributed by atoms with Crippen LogP contribution in [0, 0.1) is 0 Å². The molecule has 2 aromatic carbocycles. The van der Waals surface area contributed by atoms with Gasteiger partial charge in [-0.05, 0) is 57.0 Å². The summed E-state index contributed by atoms with van der Waals surface area (Å²) < 4.78 is 42.6. The van der Waals surface area contributed by atoms with Gasteiger partial charge in [-0.3, -0.25) is 13.9 Å². The van der Waals surface area contributed by atoms with Crippen molar-refractivity contribution < 1.29 is 32.2 Å². The Morgan fingerprint density at radius 2 is 1.53 bits per heavy atom. The standard InChI is InChI=1S/C27H39N3O7S/c1-9-22(26(32)28-27(2,3)4)29(17-19-10-12-20(35-5)13-11-19)25(31)18-30(38(8,33)34)23-15-14-21(36-6)16-24(23)37-7/h10-16,22H,9,17-18H2,1-8H3,(H,28,32)/t22-/m0/s1. The number of nitrogens with one attached hydrogen (secondary N) is 1. The first-order chi connectivity index (χ1) is 17.7. The van der Waals surface area contributed by atoms with Crippen molar-refractivity contribution in [2.24, 2.45) is 0 Å². The minimum atomic E-state index is -3.91. The molecule has 0 spiro atoms. The summed E-state index contributed by atoms with van der Waals surface area (Å²) in [6.07, 6.45) is 1.34. The summed E-state index contributed by atoms with van der Waals surface area (Å²) in [5.74, 6) is 0.479. The number of benzene rings is 2. The molecule has 0 saturated heterocycles. The van der Waals surface area contributed by atoms with Gasteiger partial charge in [0.05, 0.1) is 33.3 Å². The SMILES string of the molecule is CC[C@@H](C(=O)NC(C)(C)C)N(Cc1ccc(OC)cc1)C(=O)CN(c1ccc(OC)cc1OC)S(C)(=O)=O. The van der Waals surface area contributed by atoms with Gasteiger partial charge < -0.3 is 24.4 Å². The maximum atomic E-state index is 13.8. The molecule has 0 aromatic heterocycles. The first kappa shape index (κ1) is 30.8. The predicted molar refractivity (Wildman–Crippen MR) is 147 cm³/mol. The second-order valence-electron chi connectivity index (χ2n) is 9.84. The summed E-state index contributed by atoms with van der Waals surface area (Å²) in [5.41, 5.74) is 0.420. The molecule has 2 amide bonds. The molecule has 1 atom stereocenters. The van der Waals surface area contributed by atoms with E-state index in [9.17, 15) is 18.0 Å². The van der Waals surface area contributed by atoms with Crippen LogP contribution in [0.15, 0.2) is 42.5 Å². The van der Waals surface area contributed by atoms with Crippen LogP contribution in [0.3, 0.4) is 0 Å². The molecule has 38 heavy (non-hydrogen) atoms. The van der Waals surface area contributed by atoms with Crippen LogP contribution in [0.1, 0.15) is 39.7 Å². The highest BCUT2D eigenvalue weighted by Gasteiger charge is 2.33. The fourth-order valence-electron chi connectivity index (χ4n) is 3.89. The van der Waals surface area contributed by atoms with Crippen LogP contribution in [-0.2, 0) is 26.2 Å². The van der Waals surface area contributed by atoms with Crippen LogP contribution in [0.4, 0.5) is 5.69 Å². The Kier molecular flexibility index (Phi) is 10.4. The van der Waals surface area contributed by atoms with Gasteiger partial charge in [0.25, 0.3) is 0 Å². The minimum Gasteiger partial charge on any atom is -0.497 e. The zero-order valence-electron chi connectivity index (χ0n) is 23.4. The molecule has 0 aliphatic carbocycles. The zero-order chi connectivity index (χ0) is 28.7. The molecule has 0 saturated carbocycles. The lowest BCUT2D eigenvalue weighted by molar-refractivity contribution is -0.141. The highest BCUT2D eigenvalue weighted by atomic mass is 32.2. The number of rotatable bonds is 12. The lowest BCUT2D eigenvalue weighted by atomic mass is 10.1. The van der Waals surface area contributed by atoms with Gasteiger partial charge in [-0.15, -0.1) is 0 Å². The van der Waals surface area contributed by atoms with Crippen molar-refractivity contribution in [3.05, 3.63) is 48.0 Å². The average molecular weight is 550 g/mol. The van der Waals surface area contributed by atoms with E-state index in [1.54, 1.807) is 43.5 Å². The van der Waals surface area contributed by atoms with E-state index in [4.69, 9.17) is 14.2 Å². The van der Waals surface area contributed by atoms with E-state index in [2.05, 4.69) is 5.32 Å². The lowest BCUT2D eigenvalue weighted by Gasteiger charge is -2.34. The molecule has 0 bridgehead atoms. The Balaban J connectivity index is 2.52. The van der Waals surface area contributed by atoms with E-state index in [0.717, 1.165) is 16.1 Å². The Morgan fingerprint density at radius 3 is 2.00 bits per heavy atom. The molecule has 0 radical (unpaired) electrons. The van der Waals surface area contributed by atoms with Crippen LogP contribution >= 0.6 is 0 Å². The fourth-order valence-corrected chi connectivity index (χ4v) is 4.74. The van der Waals surface area contributed by atoms with E-state index >= 15 is 0 Å². The smallest absolute Gasteiger partial charge is 0.244 e. The Hall–Kier alpha value is -3.47. The molecule has 210 valence electrons. The number of sulfonamides is 1. The van der Waals surface area contributed by atoms with Gasteiger partial charge in [-0.1, -0.05) is 19.1 Å². The van der Waals surface area contributed by atoms with Gasteiger partial charge in [0, 0.05) is 18.2 Å². The van der Waals surface area contributed by atoms with Crippen molar-refractivity contribution in [3.63, 3.8) is 0 Å². The van der Waals surface area contributed by atoms with Gasteiger partial charge in [0.1, 0.15) is 29.8 Å². The number of anilines is 1. The van der Waals surface area contributed by atoms with E-state index in [1.807, 2.05) is 27.7 Å². The highest BCUT2D eigenvalue weighted by molar-refractivity contribution is 7.92. The van der Waals surface area contributed by atoms with Crippen molar-refractivity contribution in [1.29, 1.82) is 0 Å². The number of methoxy groups -OCH3 is 3. The van der Waals surface area contributed by atoms with E-state index in [-0.39, 0.29) is 23.9 Å². The lowest BCUT2D eigenvalue weighted by Crippen LogP contribution is -2.55. The summed E-state index contributed by atoms with van der Waals surface area (Å²) in [4.78, 5) is 28.5. The third-order valence-corrected chi connectivity index (χ3v) is 6.86. The van der Waals surface area contributed by atoms with Crippen molar-refractivity contribution in [2.45, 2.75) is 52.2 Å². The predicted octanol–water partition coefficient (Wildman–Crippen LogP) is 3.20. The fraction of sp³-hybridized carbons (Fsp3) is 0.481. The molecule has 0 heterocycles. The molecule has 0 aliphatic rings. The second-order valence-corrected chi connectivity index (χ2v) is 11.7. The number of carbonyl (C=O) groups is 2. The zero-order valence-corrected chi connectivity index (χ0v) is 24.2. The van der Waals surface area contributed by atoms with Crippen molar-refractivity contribution in [2.75, 3.05) is 38.4 Å². The molecule has 1 N–H and O–H groups in total. The molecule has 11 heteroatoms. The van der Waals surface area contributed by atoms with Crippen LogP contribution in [0.25, 0.3) is 0 Å². The number of hydrogen-bond donors (Lipinski definition) is 1. The van der Waals surface area contributed by atoms with Gasteiger partial charge >= 0.3 is 0 Å². The van der Waals surface area contributed by atoms with Gasteiger partial charge in [0.2, 0.25) is 21.8 Å². The Morgan fingerprint density at radius 1 is 0.947 bits per heavy atom. The van der Waals surface area contributed by atoms with Crippen LogP contribution in [0.2, 0.25) is 0 Å². The first-order valence-electron chi connectivity index (χ1n) is 12.2. The van der Waals surface area contributed by atoms with Crippen molar-refractivity contribution in [1.82, 2.24) is 10.2 Å². The molecule has 0 unspecified atom stereocenters. The first-order valence-corrected chi connectivity index (χ1v) is 14.0. The summed E-state index contributed by atoms with van der Waals surface area (Å²) >= 11 is 0. The van der Waals surface area contributed by atoms with E-state index in [0.29, 0.717) is 17.9 Å².